The third-order valence-corrected chi connectivity index (χ3v) is 7.60. The molecule has 0 aliphatic carbocycles. The molecule has 2 aliphatic rings. The zero-order valence-corrected chi connectivity index (χ0v) is 22.0. The summed E-state index contributed by atoms with van der Waals surface area (Å²) in [6.45, 7) is 4.45. The normalized spacial score (nSPS) is 19.8. The number of carbonyl (C=O) groups excluding carboxylic acids is 1. The van der Waals surface area contributed by atoms with E-state index in [9.17, 15) is 18.0 Å². The number of anilines is 2. The van der Waals surface area contributed by atoms with Crippen molar-refractivity contribution < 1.29 is 18.0 Å². The Labute approximate surface area is 220 Å². The van der Waals surface area contributed by atoms with Crippen LogP contribution in [0.15, 0.2) is 36.5 Å². The van der Waals surface area contributed by atoms with Crippen molar-refractivity contribution >= 4 is 45.7 Å². The highest BCUT2D eigenvalue weighted by atomic mass is 127. The molecule has 1 amide bonds. The van der Waals surface area contributed by atoms with E-state index in [1.54, 1.807) is 16.8 Å². The monoisotopic (exact) mass is 613 g/mol. The van der Waals surface area contributed by atoms with Crippen LogP contribution >= 0.6 is 22.6 Å². The first-order valence-corrected chi connectivity index (χ1v) is 12.9. The number of nitrogens with one attached hydrogen (secondary N) is 1. The highest BCUT2D eigenvalue weighted by molar-refractivity contribution is 14.1. The first-order chi connectivity index (χ1) is 17.2. The summed E-state index contributed by atoms with van der Waals surface area (Å²) in [5.74, 6) is 0.112. The molecule has 12 heteroatoms. The molecule has 0 radical (unpaired) electrons. The minimum absolute atomic E-state index is 0.167. The molecule has 0 saturated carbocycles. The quantitative estimate of drug-likeness (QED) is 0.445. The Bertz CT molecular complexity index is 1260. The molecule has 0 spiro atoms. The van der Waals surface area contributed by atoms with Crippen molar-refractivity contribution in [2.45, 2.75) is 19.1 Å². The van der Waals surface area contributed by atoms with Gasteiger partial charge < -0.3 is 15.1 Å². The lowest BCUT2D eigenvalue weighted by molar-refractivity contribution is -0.138. The van der Waals surface area contributed by atoms with Crippen LogP contribution in [0.1, 0.15) is 17.5 Å². The summed E-state index contributed by atoms with van der Waals surface area (Å²) in [6.07, 6.45) is -2.17. The van der Waals surface area contributed by atoms with E-state index in [4.69, 9.17) is 0 Å². The lowest BCUT2D eigenvalue weighted by Gasteiger charge is -2.33. The third-order valence-electron chi connectivity index (χ3n) is 6.86. The summed E-state index contributed by atoms with van der Waals surface area (Å²) in [4.78, 5) is 23.4. The van der Waals surface area contributed by atoms with Crippen molar-refractivity contribution in [1.82, 2.24) is 24.4 Å². The molecule has 0 bridgehead atoms. The van der Waals surface area contributed by atoms with Gasteiger partial charge in [-0.1, -0.05) is 6.07 Å². The molecule has 1 N–H and O–H groups in total. The number of benzene rings is 1. The Hall–Kier alpha value is -2.45. The first kappa shape index (κ1) is 25.2. The molecule has 2 fully saturated rings. The van der Waals surface area contributed by atoms with Crippen LogP contribution < -0.4 is 10.2 Å². The Morgan fingerprint density at radius 1 is 1.14 bits per heavy atom. The molecular weight excluding hydrogens is 586 g/mol. The van der Waals surface area contributed by atoms with Crippen molar-refractivity contribution in [3.05, 3.63) is 51.4 Å². The summed E-state index contributed by atoms with van der Waals surface area (Å²) in [5.41, 5.74) is 0.445. The Morgan fingerprint density at radius 3 is 2.67 bits per heavy atom. The van der Waals surface area contributed by atoms with Crippen molar-refractivity contribution in [2.24, 2.45) is 5.92 Å². The van der Waals surface area contributed by atoms with Crippen LogP contribution in [0.4, 0.5) is 24.7 Å². The van der Waals surface area contributed by atoms with E-state index >= 15 is 0 Å². The number of hydrogen-bond donors (Lipinski definition) is 1. The Kier molecular flexibility index (Phi) is 7.10. The molecule has 2 aliphatic heterocycles. The van der Waals surface area contributed by atoms with Crippen molar-refractivity contribution in [3.8, 4) is 0 Å². The number of aromatic nitrogens is 3. The lowest BCUT2D eigenvalue weighted by Crippen LogP contribution is -2.44. The average molecular weight is 613 g/mol. The van der Waals surface area contributed by atoms with Gasteiger partial charge in [-0.05, 0) is 65.9 Å². The zero-order chi connectivity index (χ0) is 25.4. The summed E-state index contributed by atoms with van der Waals surface area (Å²) in [7, 11) is 2.01. The maximum absolute atomic E-state index is 13.9. The second-order valence-electron chi connectivity index (χ2n) is 9.41. The Balaban J connectivity index is 1.26. The van der Waals surface area contributed by atoms with E-state index in [1.807, 2.05) is 29.0 Å². The number of halogens is 4. The van der Waals surface area contributed by atoms with Gasteiger partial charge in [-0.15, -0.1) is 5.10 Å². The topological polar surface area (TPSA) is 69.0 Å². The number of piperazine rings is 1. The van der Waals surface area contributed by atoms with Crippen LogP contribution in [-0.2, 0) is 17.5 Å². The van der Waals surface area contributed by atoms with Gasteiger partial charge in [0.2, 0.25) is 5.91 Å². The van der Waals surface area contributed by atoms with Gasteiger partial charge in [-0.3, -0.25) is 9.69 Å². The van der Waals surface area contributed by atoms with Gasteiger partial charge in [0, 0.05) is 51.5 Å². The van der Waals surface area contributed by atoms with Gasteiger partial charge >= 0.3 is 6.18 Å². The van der Waals surface area contributed by atoms with Gasteiger partial charge in [0.1, 0.15) is 9.52 Å². The molecule has 8 nitrogen and oxygen atoms in total. The van der Waals surface area contributed by atoms with Gasteiger partial charge in [0.25, 0.3) is 0 Å². The smallest absolute Gasteiger partial charge is 0.354 e. The largest absolute Gasteiger partial charge is 0.416 e. The maximum atomic E-state index is 13.9. The molecule has 4 heterocycles. The van der Waals surface area contributed by atoms with Gasteiger partial charge in [-0.2, -0.15) is 13.2 Å². The standard InChI is InChI=1S/C24H27F3IN7O/c1-32-8-10-33(11-9-32)14-16-2-3-18(12-19(16)24(25,26)27)30-23(36)17-6-7-34(15-17)22-5-4-21-29-13-20(28)35(21)31-22/h2-5,12-13,17H,6-11,14-15H2,1H3,(H,30,36). The minimum atomic E-state index is -4.50. The molecular formula is C24H27F3IN7O. The van der Waals surface area contributed by atoms with Crippen LogP contribution in [0.3, 0.4) is 0 Å². The van der Waals surface area contributed by atoms with Gasteiger partial charge in [-0.25, -0.2) is 9.50 Å². The third kappa shape index (κ3) is 5.44. The minimum Gasteiger partial charge on any atom is -0.354 e. The van der Waals surface area contributed by atoms with Crippen molar-refractivity contribution in [3.63, 3.8) is 0 Å². The average Bonchev–Trinajstić information content (AvgIpc) is 3.48. The number of nitrogens with zero attached hydrogens (tertiary/aromatic N) is 6. The summed E-state index contributed by atoms with van der Waals surface area (Å²) < 4.78 is 44.3. The van der Waals surface area contributed by atoms with Crippen LogP contribution in [0.5, 0.6) is 0 Å². The Morgan fingerprint density at radius 2 is 1.92 bits per heavy atom. The molecule has 1 aromatic carbocycles. The van der Waals surface area contributed by atoms with Crippen molar-refractivity contribution in [2.75, 3.05) is 56.5 Å². The fourth-order valence-electron chi connectivity index (χ4n) is 4.73. The molecule has 36 heavy (non-hydrogen) atoms. The SMILES string of the molecule is CN1CCN(Cc2ccc(NC(=O)C3CCN(c4ccc5ncc(I)n5n4)C3)cc2C(F)(F)F)CC1. The highest BCUT2D eigenvalue weighted by Crippen LogP contribution is 2.35. The number of amides is 1. The fourth-order valence-corrected chi connectivity index (χ4v) is 5.23. The highest BCUT2D eigenvalue weighted by Gasteiger charge is 2.35. The summed E-state index contributed by atoms with van der Waals surface area (Å²) in [6, 6.07) is 7.87. The van der Waals surface area contributed by atoms with Gasteiger partial charge in [0.05, 0.1) is 17.7 Å². The number of fused-ring (bicyclic) bond motifs is 1. The second-order valence-corrected chi connectivity index (χ2v) is 10.5. The van der Waals surface area contributed by atoms with E-state index in [1.165, 1.54) is 6.07 Å². The van der Waals surface area contributed by atoms with E-state index in [0.717, 1.165) is 47.4 Å². The summed E-state index contributed by atoms with van der Waals surface area (Å²) >= 11 is 2.16. The van der Waals surface area contributed by atoms with Crippen LogP contribution in [0.2, 0.25) is 0 Å². The van der Waals surface area contributed by atoms with Crippen LogP contribution in [0, 0.1) is 9.62 Å². The molecule has 1 atom stereocenters. The predicted molar refractivity (Wildman–Crippen MR) is 139 cm³/mol. The van der Waals surface area contributed by atoms with E-state index in [2.05, 4.69) is 42.9 Å². The predicted octanol–water partition coefficient (Wildman–Crippen LogP) is 3.57. The molecule has 5 rings (SSSR count). The van der Waals surface area contributed by atoms with E-state index < -0.39 is 11.7 Å². The number of likely N-dealkylation sites (N-methyl/N-ethyl adjacent to an activating group) is 1. The molecule has 1 unspecified atom stereocenters. The molecule has 192 valence electrons. The first-order valence-electron chi connectivity index (χ1n) is 11.8. The maximum Gasteiger partial charge on any atom is 0.416 e. The fraction of sp³-hybridized carbons (Fsp3) is 0.458. The summed E-state index contributed by atoms with van der Waals surface area (Å²) in [5, 5.41) is 7.32. The van der Waals surface area contributed by atoms with E-state index in [-0.39, 0.29) is 29.6 Å². The number of rotatable bonds is 5. The lowest BCUT2D eigenvalue weighted by atomic mass is 10.0. The number of alkyl halides is 3. The van der Waals surface area contributed by atoms with Crippen LogP contribution in [0.25, 0.3) is 5.65 Å². The van der Waals surface area contributed by atoms with Crippen molar-refractivity contribution in [1.29, 1.82) is 0 Å². The van der Waals surface area contributed by atoms with Gasteiger partial charge in [0.15, 0.2) is 5.65 Å². The number of imidazole rings is 1. The number of hydrogen-bond acceptors (Lipinski definition) is 6. The zero-order valence-electron chi connectivity index (χ0n) is 19.8. The van der Waals surface area contributed by atoms with E-state index in [0.29, 0.717) is 19.5 Å². The second kappa shape index (κ2) is 10.1. The molecule has 2 saturated heterocycles. The number of carbonyl (C=O) groups is 1. The van der Waals surface area contributed by atoms with Crippen LogP contribution in [-0.4, -0.2) is 76.6 Å². The molecule has 3 aromatic rings. The molecule has 2 aromatic heterocycles.